The molecule has 0 N–H and O–H groups in total. The zero-order valence-electron chi connectivity index (χ0n) is 19.9. The summed E-state index contributed by atoms with van der Waals surface area (Å²) in [5.74, 6) is 0.594. The van der Waals surface area contributed by atoms with Crippen LogP contribution in [0.1, 0.15) is 86.0 Å². The second-order valence-electron chi connectivity index (χ2n) is 9.68. The van der Waals surface area contributed by atoms with Crippen LogP contribution >= 0.6 is 0 Å². The average Bonchev–Trinajstić information content (AvgIpc) is 3.18. The lowest BCUT2D eigenvalue weighted by Crippen LogP contribution is -2.31. The summed E-state index contributed by atoms with van der Waals surface area (Å²) in [7, 11) is -5.40. The van der Waals surface area contributed by atoms with Crippen molar-refractivity contribution in [3.63, 3.8) is 0 Å². The number of fused-ring (bicyclic) bond motifs is 3. The van der Waals surface area contributed by atoms with E-state index in [-0.39, 0.29) is 5.92 Å². The molecule has 2 saturated carbocycles. The number of aryl methyl sites for hydroxylation is 1. The summed E-state index contributed by atoms with van der Waals surface area (Å²) in [4.78, 5) is 12.4. The van der Waals surface area contributed by atoms with Crippen LogP contribution in [-0.4, -0.2) is 25.8 Å². The number of rotatable bonds is 3. The lowest BCUT2D eigenvalue weighted by molar-refractivity contribution is -0.121. The molecule has 190 valence electrons. The SMILES string of the molecule is Cc1ccc2c(c1C1CCCCC1=O)Cc1ccccc1-2.O=S(=O)(OC1CCCCC1)C(F)(F)F. The number of halogens is 3. The number of carbonyl (C=O) groups excluding carboxylic acids is 1. The number of Topliss-reactive ketones (excluding diaryl/α,β-unsaturated/α-hetero) is 1. The summed E-state index contributed by atoms with van der Waals surface area (Å²) in [5, 5.41) is 0. The number of hydrogen-bond acceptors (Lipinski definition) is 4. The molecule has 4 nitrogen and oxygen atoms in total. The van der Waals surface area contributed by atoms with Crippen molar-refractivity contribution in [3.05, 3.63) is 58.7 Å². The molecule has 0 saturated heterocycles. The molecule has 0 amide bonds. The highest BCUT2D eigenvalue weighted by Crippen LogP contribution is 2.44. The van der Waals surface area contributed by atoms with Crippen LogP contribution in [0.5, 0.6) is 0 Å². The molecule has 0 spiro atoms. The highest BCUT2D eigenvalue weighted by atomic mass is 32.2. The van der Waals surface area contributed by atoms with Crippen molar-refractivity contribution in [2.24, 2.45) is 0 Å². The third-order valence-corrected chi connectivity index (χ3v) is 8.34. The molecule has 8 heteroatoms. The molecule has 35 heavy (non-hydrogen) atoms. The molecule has 0 aliphatic heterocycles. The molecule has 3 aliphatic carbocycles. The second-order valence-corrected chi connectivity index (χ2v) is 11.2. The molecule has 2 aromatic carbocycles. The number of ketones is 1. The van der Waals surface area contributed by atoms with Crippen molar-refractivity contribution in [2.45, 2.75) is 88.7 Å². The van der Waals surface area contributed by atoms with Crippen molar-refractivity contribution >= 4 is 15.9 Å². The Morgan fingerprint density at radius 2 is 1.57 bits per heavy atom. The lowest BCUT2D eigenvalue weighted by Gasteiger charge is -2.25. The van der Waals surface area contributed by atoms with E-state index in [0.29, 0.717) is 18.6 Å². The van der Waals surface area contributed by atoms with E-state index in [2.05, 4.69) is 47.5 Å². The summed E-state index contributed by atoms with van der Waals surface area (Å²) in [6.07, 6.45) is 7.39. The van der Waals surface area contributed by atoms with Gasteiger partial charge in [0, 0.05) is 12.3 Å². The van der Waals surface area contributed by atoms with E-state index in [9.17, 15) is 26.4 Å². The van der Waals surface area contributed by atoms with Gasteiger partial charge in [-0.3, -0.25) is 8.98 Å². The van der Waals surface area contributed by atoms with E-state index in [1.807, 2.05) is 0 Å². The van der Waals surface area contributed by atoms with Crippen molar-refractivity contribution in [3.8, 4) is 11.1 Å². The van der Waals surface area contributed by atoms with Gasteiger partial charge in [-0.2, -0.15) is 21.6 Å². The molecule has 5 rings (SSSR count). The number of alkyl halides is 3. The lowest BCUT2D eigenvalue weighted by atomic mass is 9.78. The van der Waals surface area contributed by atoms with Gasteiger partial charge in [-0.1, -0.05) is 62.1 Å². The predicted octanol–water partition coefficient (Wildman–Crippen LogP) is 6.98. The fraction of sp³-hybridized carbons (Fsp3) is 0.519. The Morgan fingerprint density at radius 1 is 0.886 bits per heavy atom. The van der Waals surface area contributed by atoms with Crippen LogP contribution in [0.4, 0.5) is 13.2 Å². The Hall–Kier alpha value is -2.19. The summed E-state index contributed by atoms with van der Waals surface area (Å²) in [6, 6.07) is 13.1. The highest BCUT2D eigenvalue weighted by Gasteiger charge is 2.48. The first-order valence-electron chi connectivity index (χ1n) is 12.3. The molecule has 0 bridgehead atoms. The van der Waals surface area contributed by atoms with Crippen molar-refractivity contribution in [1.82, 2.24) is 0 Å². The number of hydrogen-bond donors (Lipinski definition) is 0. The van der Waals surface area contributed by atoms with E-state index in [1.165, 1.54) is 39.8 Å². The fourth-order valence-electron chi connectivity index (χ4n) is 5.52. The van der Waals surface area contributed by atoms with Gasteiger partial charge in [0.2, 0.25) is 0 Å². The van der Waals surface area contributed by atoms with Crippen LogP contribution in [0.15, 0.2) is 36.4 Å². The molecule has 3 aliphatic rings. The Labute approximate surface area is 205 Å². The van der Waals surface area contributed by atoms with Crippen LogP contribution < -0.4 is 0 Å². The summed E-state index contributed by atoms with van der Waals surface area (Å²) >= 11 is 0. The standard InChI is InChI=1S/C20H20O.C7H11F3O3S/c1-13-10-11-16-15-7-3-2-6-14(15)12-18(16)20(13)17-8-4-5-9-19(17)21;8-7(9,10)14(11,12)13-6-4-2-1-3-5-6/h2-3,6-7,10-11,17H,4-5,8-9,12H2,1H3;6H,1-5H2. The van der Waals surface area contributed by atoms with Gasteiger partial charge in [0.25, 0.3) is 0 Å². The van der Waals surface area contributed by atoms with Crippen molar-refractivity contribution in [1.29, 1.82) is 0 Å². The maximum atomic E-state index is 12.4. The normalized spacial score (nSPS) is 20.6. The van der Waals surface area contributed by atoms with Gasteiger partial charge in [-0.05, 0) is 72.4 Å². The first kappa shape index (κ1) is 25.9. The third-order valence-electron chi connectivity index (χ3n) is 7.25. The van der Waals surface area contributed by atoms with E-state index >= 15 is 0 Å². The van der Waals surface area contributed by atoms with Gasteiger partial charge >= 0.3 is 15.6 Å². The molecule has 0 heterocycles. The molecule has 0 aromatic heterocycles. The van der Waals surface area contributed by atoms with Gasteiger partial charge in [-0.25, -0.2) is 0 Å². The fourth-order valence-corrected chi connectivity index (χ4v) is 6.18. The minimum atomic E-state index is -5.40. The second kappa shape index (κ2) is 10.4. The average molecular weight is 509 g/mol. The molecule has 2 aromatic rings. The summed E-state index contributed by atoms with van der Waals surface area (Å²) in [5.41, 5.74) is 2.86. The maximum Gasteiger partial charge on any atom is 0.523 e. The van der Waals surface area contributed by atoms with Crippen LogP contribution in [0.3, 0.4) is 0 Å². The minimum Gasteiger partial charge on any atom is -0.299 e. The Bertz CT molecular complexity index is 1180. The van der Waals surface area contributed by atoms with Gasteiger partial charge in [-0.15, -0.1) is 0 Å². The van der Waals surface area contributed by atoms with Gasteiger partial charge in [0.1, 0.15) is 5.78 Å². The smallest absolute Gasteiger partial charge is 0.299 e. The first-order valence-corrected chi connectivity index (χ1v) is 13.7. The third kappa shape index (κ3) is 5.64. The van der Waals surface area contributed by atoms with Crippen molar-refractivity contribution < 1.29 is 30.6 Å². The van der Waals surface area contributed by atoms with E-state index in [4.69, 9.17) is 0 Å². The zero-order chi connectivity index (χ0) is 25.2. The molecule has 0 radical (unpaired) electrons. The first-order chi connectivity index (χ1) is 16.6. The van der Waals surface area contributed by atoms with Gasteiger partial charge < -0.3 is 0 Å². The van der Waals surface area contributed by atoms with Gasteiger partial charge in [0.05, 0.1) is 6.10 Å². The topological polar surface area (TPSA) is 60.4 Å². The quantitative estimate of drug-likeness (QED) is 0.283. The Balaban J connectivity index is 0.000000181. The maximum absolute atomic E-state index is 12.4. The molecule has 1 atom stereocenters. The predicted molar refractivity (Wildman–Crippen MR) is 129 cm³/mol. The monoisotopic (exact) mass is 508 g/mol. The molecule has 1 unspecified atom stereocenters. The van der Waals surface area contributed by atoms with E-state index in [0.717, 1.165) is 44.9 Å². The largest absolute Gasteiger partial charge is 0.523 e. The Kier molecular flexibility index (Phi) is 7.71. The number of benzene rings is 2. The van der Waals surface area contributed by atoms with E-state index in [1.54, 1.807) is 0 Å². The van der Waals surface area contributed by atoms with Crippen LogP contribution in [0, 0.1) is 6.92 Å². The molecular formula is C27H31F3O4S. The van der Waals surface area contributed by atoms with Crippen LogP contribution in [-0.2, 0) is 25.5 Å². The van der Waals surface area contributed by atoms with E-state index < -0.39 is 21.7 Å². The zero-order valence-corrected chi connectivity index (χ0v) is 20.7. The summed E-state index contributed by atoms with van der Waals surface area (Å²) in [6.45, 7) is 2.17. The van der Waals surface area contributed by atoms with Gasteiger partial charge in [0.15, 0.2) is 0 Å². The summed E-state index contributed by atoms with van der Waals surface area (Å²) < 4.78 is 60.9. The Morgan fingerprint density at radius 3 is 2.26 bits per heavy atom. The molecular weight excluding hydrogens is 477 g/mol. The molecule has 2 fully saturated rings. The van der Waals surface area contributed by atoms with Crippen LogP contribution in [0.25, 0.3) is 11.1 Å². The number of carbonyl (C=O) groups is 1. The minimum absolute atomic E-state index is 0.142. The van der Waals surface area contributed by atoms with Crippen LogP contribution in [0.2, 0.25) is 0 Å². The van der Waals surface area contributed by atoms with Crippen molar-refractivity contribution in [2.75, 3.05) is 0 Å². The highest BCUT2D eigenvalue weighted by molar-refractivity contribution is 7.87.